The summed E-state index contributed by atoms with van der Waals surface area (Å²) in [6, 6.07) is 65.9. The minimum absolute atomic E-state index is 0.619. The molecule has 0 bridgehead atoms. The molecule has 8 heteroatoms. The number of aromatic nitrogens is 8. The van der Waals surface area contributed by atoms with E-state index in [4.69, 9.17) is 39.9 Å². The van der Waals surface area contributed by atoms with Crippen LogP contribution in [-0.4, -0.2) is 39.9 Å². The molecule has 0 saturated heterocycles. The molecule has 0 radical (unpaired) electrons. The first kappa shape index (κ1) is 36.9. The Bertz CT molecular complexity index is 3500. The molecule has 0 aliphatic heterocycles. The second-order valence-corrected chi connectivity index (χ2v) is 15.6. The molecule has 12 rings (SSSR count). The van der Waals surface area contributed by atoms with Crippen molar-refractivity contribution < 1.29 is 0 Å². The molecule has 0 atom stereocenters. The number of nitrogens with zero attached hydrogens (tertiary/aromatic N) is 8. The van der Waals surface area contributed by atoms with E-state index in [1.54, 1.807) is 12.4 Å². The molecule has 0 fully saturated rings. The normalized spacial score (nSPS) is 11.4. The molecule has 4 aromatic heterocycles. The van der Waals surface area contributed by atoms with Crippen molar-refractivity contribution in [2.24, 2.45) is 0 Å². The molecule has 0 aliphatic rings. The Kier molecular flexibility index (Phi) is 8.97. The molecule has 298 valence electrons. The van der Waals surface area contributed by atoms with E-state index in [0.717, 1.165) is 88.4 Å². The number of hydrogen-bond donors (Lipinski definition) is 0. The van der Waals surface area contributed by atoms with Crippen molar-refractivity contribution in [1.29, 1.82) is 0 Å². The Labute approximate surface area is 367 Å². The minimum atomic E-state index is 0.619. The van der Waals surface area contributed by atoms with E-state index in [-0.39, 0.29) is 0 Å². The summed E-state index contributed by atoms with van der Waals surface area (Å²) in [4.78, 5) is 39.9. The molecule has 0 amide bonds. The van der Waals surface area contributed by atoms with Crippen LogP contribution >= 0.6 is 0 Å². The minimum Gasteiger partial charge on any atom is -0.252 e. The number of para-hydroxylation sites is 4. The lowest BCUT2D eigenvalue weighted by Crippen LogP contribution is -1.99. The van der Waals surface area contributed by atoms with Gasteiger partial charge in [0.15, 0.2) is 11.6 Å². The number of hydrogen-bond acceptors (Lipinski definition) is 8. The van der Waals surface area contributed by atoms with E-state index in [1.165, 1.54) is 0 Å². The number of benzene rings is 8. The van der Waals surface area contributed by atoms with E-state index >= 15 is 0 Å². The SMILES string of the molecule is c1ccc(-c2nc(-c3cnc4ccccc4n3)cc(-c3ccc(-c4ccc(-c5cc(-c6cnc7ccccc7n6)nc(-c6ccccc6)n5)c5ccccc45)c4ccccc34)n2)cc1. The van der Waals surface area contributed by atoms with Gasteiger partial charge in [-0.1, -0.05) is 158 Å². The quantitative estimate of drug-likeness (QED) is 0.157. The predicted molar refractivity (Wildman–Crippen MR) is 257 cm³/mol. The van der Waals surface area contributed by atoms with Gasteiger partial charge in [-0.05, 0) is 69.1 Å². The van der Waals surface area contributed by atoms with Crippen molar-refractivity contribution >= 4 is 43.6 Å². The summed E-state index contributed by atoms with van der Waals surface area (Å²) in [6.07, 6.45) is 3.59. The predicted octanol–water partition coefficient (Wildman–Crippen LogP) is 13.1. The van der Waals surface area contributed by atoms with Gasteiger partial charge in [0.1, 0.15) is 11.4 Å². The summed E-state index contributed by atoms with van der Waals surface area (Å²) in [7, 11) is 0. The lowest BCUT2D eigenvalue weighted by Gasteiger charge is -2.16. The van der Waals surface area contributed by atoms with Gasteiger partial charge in [0.25, 0.3) is 0 Å². The van der Waals surface area contributed by atoms with Gasteiger partial charge in [0.05, 0.1) is 57.2 Å². The van der Waals surface area contributed by atoms with Gasteiger partial charge < -0.3 is 0 Å². The van der Waals surface area contributed by atoms with E-state index in [1.807, 2.05) is 121 Å². The Balaban J connectivity index is 1.01. The first-order chi connectivity index (χ1) is 31.7. The zero-order valence-corrected chi connectivity index (χ0v) is 34.2. The molecule has 12 aromatic rings. The average Bonchev–Trinajstić information content (AvgIpc) is 3.38. The van der Waals surface area contributed by atoms with E-state index in [0.29, 0.717) is 34.4 Å². The molecule has 0 aliphatic carbocycles. The van der Waals surface area contributed by atoms with E-state index in [9.17, 15) is 0 Å². The molecule has 64 heavy (non-hydrogen) atoms. The Morgan fingerprint density at radius 3 is 0.984 bits per heavy atom. The second-order valence-electron chi connectivity index (χ2n) is 15.6. The zero-order valence-electron chi connectivity index (χ0n) is 34.2. The van der Waals surface area contributed by atoms with Crippen molar-refractivity contribution in [2.75, 3.05) is 0 Å². The number of fused-ring (bicyclic) bond motifs is 4. The van der Waals surface area contributed by atoms with Crippen LogP contribution in [0.2, 0.25) is 0 Å². The van der Waals surface area contributed by atoms with Crippen LogP contribution in [0.5, 0.6) is 0 Å². The molecule has 0 spiro atoms. The smallest absolute Gasteiger partial charge is 0.160 e. The molecule has 0 unspecified atom stereocenters. The van der Waals surface area contributed by atoms with Crippen molar-refractivity contribution in [2.45, 2.75) is 0 Å². The summed E-state index contributed by atoms with van der Waals surface area (Å²) in [6.45, 7) is 0. The van der Waals surface area contributed by atoms with Crippen LogP contribution in [0.25, 0.3) is 123 Å². The average molecular weight is 819 g/mol. The first-order valence-electron chi connectivity index (χ1n) is 21.1. The van der Waals surface area contributed by atoms with Crippen molar-refractivity contribution in [3.63, 3.8) is 0 Å². The standard InChI is InChI=1S/C56H34N8/c1-3-15-35(16-4-1)55-61-49(31-51(63-55)53-33-57-45-23-11-13-25-47(45)59-53)43-29-27-41(37-19-7-9-21-39(37)43)42-28-30-44(40-22-10-8-20-38(40)42)50-32-52(64-56(62-50)36-17-5-2-6-18-36)54-34-58-46-24-12-14-26-48(46)60-54/h1-34H. The van der Waals surface area contributed by atoms with Crippen LogP contribution in [0.3, 0.4) is 0 Å². The molecular formula is C56H34N8. The summed E-state index contributed by atoms with van der Waals surface area (Å²) in [5.41, 5.74) is 13.7. The summed E-state index contributed by atoms with van der Waals surface area (Å²) in [5.74, 6) is 1.24. The fourth-order valence-electron chi connectivity index (χ4n) is 8.54. The highest BCUT2D eigenvalue weighted by molar-refractivity contribution is 6.12. The zero-order chi connectivity index (χ0) is 42.4. The van der Waals surface area contributed by atoms with Crippen LogP contribution < -0.4 is 0 Å². The largest absolute Gasteiger partial charge is 0.252 e. The fourth-order valence-corrected chi connectivity index (χ4v) is 8.54. The van der Waals surface area contributed by atoms with Gasteiger partial charge in [0, 0.05) is 22.3 Å². The molecule has 0 N–H and O–H groups in total. The van der Waals surface area contributed by atoms with Crippen LogP contribution in [0.1, 0.15) is 0 Å². The maximum Gasteiger partial charge on any atom is 0.160 e. The molecule has 0 saturated carbocycles. The van der Waals surface area contributed by atoms with E-state index < -0.39 is 0 Å². The van der Waals surface area contributed by atoms with Gasteiger partial charge in [-0.25, -0.2) is 29.9 Å². The van der Waals surface area contributed by atoms with Gasteiger partial charge in [0.2, 0.25) is 0 Å². The highest BCUT2D eigenvalue weighted by Crippen LogP contribution is 2.42. The highest BCUT2D eigenvalue weighted by atomic mass is 14.9. The summed E-state index contributed by atoms with van der Waals surface area (Å²) < 4.78 is 0. The Morgan fingerprint density at radius 1 is 0.234 bits per heavy atom. The Morgan fingerprint density at radius 2 is 0.562 bits per heavy atom. The summed E-state index contributed by atoms with van der Waals surface area (Å²) >= 11 is 0. The van der Waals surface area contributed by atoms with Gasteiger partial charge >= 0.3 is 0 Å². The van der Waals surface area contributed by atoms with Crippen LogP contribution in [0, 0.1) is 0 Å². The van der Waals surface area contributed by atoms with Crippen LogP contribution in [0.15, 0.2) is 207 Å². The molecular weight excluding hydrogens is 785 g/mol. The second kappa shape index (κ2) is 15.5. The maximum absolute atomic E-state index is 5.20. The van der Waals surface area contributed by atoms with Gasteiger partial charge in [-0.3, -0.25) is 9.97 Å². The third-order valence-corrected chi connectivity index (χ3v) is 11.6. The topological polar surface area (TPSA) is 103 Å². The van der Waals surface area contributed by atoms with Crippen molar-refractivity contribution in [3.8, 4) is 79.2 Å². The fraction of sp³-hybridized carbons (Fsp3) is 0. The van der Waals surface area contributed by atoms with Crippen molar-refractivity contribution in [1.82, 2.24) is 39.9 Å². The van der Waals surface area contributed by atoms with Crippen LogP contribution in [-0.2, 0) is 0 Å². The molecule has 4 heterocycles. The third kappa shape index (κ3) is 6.67. The maximum atomic E-state index is 5.20. The molecule has 8 aromatic carbocycles. The highest BCUT2D eigenvalue weighted by Gasteiger charge is 2.19. The summed E-state index contributed by atoms with van der Waals surface area (Å²) in [5, 5.41) is 4.36. The van der Waals surface area contributed by atoms with Crippen molar-refractivity contribution in [3.05, 3.63) is 207 Å². The number of rotatable bonds is 7. The third-order valence-electron chi connectivity index (χ3n) is 11.6. The van der Waals surface area contributed by atoms with E-state index in [2.05, 4.69) is 72.8 Å². The molecule has 8 nitrogen and oxygen atoms in total. The lowest BCUT2D eigenvalue weighted by atomic mass is 9.89. The monoisotopic (exact) mass is 818 g/mol. The van der Waals surface area contributed by atoms with Gasteiger partial charge in [-0.2, -0.15) is 0 Å². The Hall–Kier alpha value is -8.88. The first-order valence-corrected chi connectivity index (χ1v) is 21.1. The lowest BCUT2D eigenvalue weighted by molar-refractivity contribution is 1.16. The van der Waals surface area contributed by atoms with Crippen LogP contribution in [0.4, 0.5) is 0 Å². The van der Waals surface area contributed by atoms with Gasteiger partial charge in [-0.15, -0.1) is 0 Å².